The molecule has 18 heavy (non-hydrogen) atoms. The lowest BCUT2D eigenvalue weighted by molar-refractivity contribution is 0.232. The number of fused-ring (bicyclic) bond motifs is 3. The maximum Gasteiger partial charge on any atom is 0.139 e. The predicted octanol–water partition coefficient (Wildman–Crippen LogP) is 1.77. The van der Waals surface area contributed by atoms with Crippen LogP contribution < -0.4 is 10.2 Å². The molecule has 2 aromatic heterocycles. The second kappa shape index (κ2) is 4.17. The number of nitrogens with zero attached hydrogens (tertiary/aromatic N) is 2. The van der Waals surface area contributed by atoms with E-state index in [2.05, 4.69) is 34.0 Å². The largest absolute Gasteiger partial charge is 0.394 e. The fourth-order valence-corrected chi connectivity index (χ4v) is 2.63. The van der Waals surface area contributed by atoms with E-state index in [1.54, 1.807) is 0 Å². The number of hydrogen-bond acceptors (Lipinski definition) is 4. The van der Waals surface area contributed by atoms with Crippen molar-refractivity contribution in [3.05, 3.63) is 18.5 Å². The zero-order chi connectivity index (χ0) is 12.7. The van der Waals surface area contributed by atoms with E-state index < -0.39 is 0 Å². The van der Waals surface area contributed by atoms with Gasteiger partial charge in [0.15, 0.2) is 0 Å². The number of aromatic amines is 1. The van der Waals surface area contributed by atoms with Gasteiger partial charge >= 0.3 is 0 Å². The maximum absolute atomic E-state index is 9.61. The molecule has 1 atom stereocenters. The third kappa shape index (κ3) is 1.54. The van der Waals surface area contributed by atoms with Gasteiger partial charge in [-0.25, -0.2) is 4.98 Å². The summed E-state index contributed by atoms with van der Waals surface area (Å²) in [4.78, 5) is 9.73. The summed E-state index contributed by atoms with van der Waals surface area (Å²) in [6, 6.07) is 2.16. The number of aliphatic hydroxyl groups excluding tert-OH is 1. The molecule has 1 aliphatic heterocycles. The molecule has 0 fully saturated rings. The van der Waals surface area contributed by atoms with Crippen LogP contribution in [-0.4, -0.2) is 34.4 Å². The predicted molar refractivity (Wildman–Crippen MR) is 72.8 cm³/mol. The molecule has 1 aliphatic rings. The molecular weight excluding hydrogens is 228 g/mol. The summed E-state index contributed by atoms with van der Waals surface area (Å²) < 4.78 is 0. The van der Waals surface area contributed by atoms with Gasteiger partial charge in [0, 0.05) is 11.6 Å². The fraction of sp³-hybridized carbons (Fsp3) is 0.462. The number of anilines is 2. The minimum absolute atomic E-state index is 0.124. The van der Waals surface area contributed by atoms with Crippen LogP contribution in [0, 0.1) is 5.92 Å². The highest BCUT2D eigenvalue weighted by molar-refractivity contribution is 5.98. The zero-order valence-electron chi connectivity index (χ0n) is 10.6. The van der Waals surface area contributed by atoms with Gasteiger partial charge in [0.2, 0.25) is 0 Å². The Hall–Kier alpha value is -1.75. The molecule has 0 radical (unpaired) electrons. The van der Waals surface area contributed by atoms with E-state index in [1.807, 2.05) is 18.5 Å². The maximum atomic E-state index is 9.61. The van der Waals surface area contributed by atoms with E-state index in [0.717, 1.165) is 29.1 Å². The average molecular weight is 246 g/mol. The van der Waals surface area contributed by atoms with Gasteiger partial charge in [0.05, 0.1) is 36.9 Å². The number of pyridine rings is 1. The molecule has 5 nitrogen and oxygen atoms in total. The molecule has 0 aromatic carbocycles. The van der Waals surface area contributed by atoms with Gasteiger partial charge < -0.3 is 20.3 Å². The van der Waals surface area contributed by atoms with Gasteiger partial charge in [-0.3, -0.25) is 0 Å². The molecule has 3 rings (SSSR count). The standard InChI is InChI=1S/C13H18N4O/c1-8(2)11(6-18)17-7-16-10-5-15-13-9(12(10)17)3-4-14-13/h3-5,8,11,16,18H,6-7H2,1-2H3,(H,14,15)/t11-/m0/s1. The van der Waals surface area contributed by atoms with E-state index in [4.69, 9.17) is 0 Å². The minimum atomic E-state index is 0.124. The molecule has 0 aliphatic carbocycles. The molecule has 0 unspecified atom stereocenters. The van der Waals surface area contributed by atoms with Gasteiger partial charge in [0.25, 0.3) is 0 Å². The van der Waals surface area contributed by atoms with Crippen molar-refractivity contribution in [3.8, 4) is 0 Å². The number of nitrogens with one attached hydrogen (secondary N) is 2. The third-order valence-corrected chi connectivity index (χ3v) is 3.64. The summed E-state index contributed by atoms with van der Waals surface area (Å²) in [5.41, 5.74) is 3.08. The van der Waals surface area contributed by atoms with Crippen molar-refractivity contribution in [3.63, 3.8) is 0 Å². The number of hydrogen-bond donors (Lipinski definition) is 3. The molecule has 3 N–H and O–H groups in total. The summed E-state index contributed by atoms with van der Waals surface area (Å²) in [7, 11) is 0. The van der Waals surface area contributed by atoms with Crippen molar-refractivity contribution in [2.75, 3.05) is 23.5 Å². The van der Waals surface area contributed by atoms with Crippen LogP contribution in [0.15, 0.2) is 18.5 Å². The molecule has 5 heteroatoms. The van der Waals surface area contributed by atoms with E-state index in [-0.39, 0.29) is 12.6 Å². The first-order chi connectivity index (χ1) is 8.72. The van der Waals surface area contributed by atoms with Crippen LogP contribution in [0.4, 0.5) is 11.4 Å². The molecule has 0 amide bonds. The molecule has 96 valence electrons. The van der Waals surface area contributed by atoms with Crippen LogP contribution in [0.25, 0.3) is 11.0 Å². The van der Waals surface area contributed by atoms with Crippen LogP contribution >= 0.6 is 0 Å². The molecule has 2 aromatic rings. The Morgan fingerprint density at radius 2 is 2.33 bits per heavy atom. The smallest absolute Gasteiger partial charge is 0.139 e. The van der Waals surface area contributed by atoms with Gasteiger partial charge in [-0.1, -0.05) is 13.8 Å². The van der Waals surface area contributed by atoms with E-state index in [1.165, 1.54) is 0 Å². The first-order valence-electron chi connectivity index (χ1n) is 6.30. The number of H-pyrrole nitrogens is 1. The Morgan fingerprint density at radius 3 is 3.06 bits per heavy atom. The molecule has 0 spiro atoms. The lowest BCUT2D eigenvalue weighted by atomic mass is 10.0. The summed E-state index contributed by atoms with van der Waals surface area (Å²) in [5, 5.41) is 14.1. The number of aromatic nitrogens is 2. The van der Waals surface area contributed by atoms with E-state index >= 15 is 0 Å². The summed E-state index contributed by atoms with van der Waals surface area (Å²) in [5.74, 6) is 0.393. The monoisotopic (exact) mass is 246 g/mol. The second-order valence-electron chi connectivity index (χ2n) is 5.06. The van der Waals surface area contributed by atoms with Gasteiger partial charge in [-0.2, -0.15) is 0 Å². The van der Waals surface area contributed by atoms with Crippen molar-refractivity contribution < 1.29 is 5.11 Å². The normalized spacial score (nSPS) is 16.1. The van der Waals surface area contributed by atoms with Crippen molar-refractivity contribution >= 4 is 22.4 Å². The quantitative estimate of drug-likeness (QED) is 0.772. The second-order valence-corrected chi connectivity index (χ2v) is 5.06. The highest BCUT2D eigenvalue weighted by Gasteiger charge is 2.29. The van der Waals surface area contributed by atoms with Crippen LogP contribution in [0.1, 0.15) is 13.8 Å². The van der Waals surface area contributed by atoms with Gasteiger partial charge in [-0.05, 0) is 12.0 Å². The zero-order valence-corrected chi connectivity index (χ0v) is 10.6. The molecule has 0 bridgehead atoms. The first kappa shape index (κ1) is 11.3. The van der Waals surface area contributed by atoms with Gasteiger partial charge in [-0.15, -0.1) is 0 Å². The summed E-state index contributed by atoms with van der Waals surface area (Å²) in [6.45, 7) is 5.15. The lowest BCUT2D eigenvalue weighted by Gasteiger charge is -2.31. The highest BCUT2D eigenvalue weighted by Crippen LogP contribution is 2.38. The lowest BCUT2D eigenvalue weighted by Crippen LogP contribution is -2.41. The van der Waals surface area contributed by atoms with Crippen LogP contribution in [0.3, 0.4) is 0 Å². The summed E-state index contributed by atoms with van der Waals surface area (Å²) >= 11 is 0. The Morgan fingerprint density at radius 1 is 1.50 bits per heavy atom. The highest BCUT2D eigenvalue weighted by atomic mass is 16.3. The third-order valence-electron chi connectivity index (χ3n) is 3.64. The van der Waals surface area contributed by atoms with E-state index in [0.29, 0.717) is 5.92 Å². The Kier molecular flexibility index (Phi) is 2.63. The molecule has 3 heterocycles. The Labute approximate surface area is 106 Å². The molecular formula is C13H18N4O. The Balaban J connectivity index is 2.11. The van der Waals surface area contributed by atoms with Crippen molar-refractivity contribution in [1.82, 2.24) is 9.97 Å². The topological polar surface area (TPSA) is 64.2 Å². The van der Waals surface area contributed by atoms with Crippen molar-refractivity contribution in [2.45, 2.75) is 19.9 Å². The summed E-state index contributed by atoms with van der Waals surface area (Å²) in [6.07, 6.45) is 3.75. The Bertz CT molecular complexity index is 563. The first-order valence-corrected chi connectivity index (χ1v) is 6.30. The number of rotatable bonds is 3. The molecule has 0 saturated carbocycles. The van der Waals surface area contributed by atoms with E-state index in [9.17, 15) is 5.11 Å². The minimum Gasteiger partial charge on any atom is -0.394 e. The van der Waals surface area contributed by atoms with Crippen LogP contribution in [-0.2, 0) is 0 Å². The number of aliphatic hydroxyl groups is 1. The SMILES string of the molecule is CC(C)[C@H](CO)N1CNc2cnc3[nH]ccc3c21. The average Bonchev–Trinajstić information content (AvgIpc) is 2.94. The molecule has 0 saturated heterocycles. The van der Waals surface area contributed by atoms with Crippen LogP contribution in [0.5, 0.6) is 0 Å². The van der Waals surface area contributed by atoms with Gasteiger partial charge in [0.1, 0.15) is 5.65 Å². The van der Waals surface area contributed by atoms with Crippen molar-refractivity contribution in [1.29, 1.82) is 0 Å². The van der Waals surface area contributed by atoms with Crippen LogP contribution in [0.2, 0.25) is 0 Å². The fourth-order valence-electron chi connectivity index (χ4n) is 2.63. The van der Waals surface area contributed by atoms with Crippen molar-refractivity contribution in [2.24, 2.45) is 5.92 Å².